The smallest absolute Gasteiger partial charge is 0.408 e. The Balaban J connectivity index is 2.16. The predicted molar refractivity (Wildman–Crippen MR) is 148 cm³/mol. The van der Waals surface area contributed by atoms with Gasteiger partial charge in [-0.2, -0.15) is 0 Å². The Morgan fingerprint density at radius 3 is 2.26 bits per heavy atom. The number of halogens is 2. The van der Waals surface area contributed by atoms with Gasteiger partial charge in [0.2, 0.25) is 5.91 Å². The third kappa shape index (κ3) is 12.1. The SMILES string of the molecule is CCCCC(NC(=O)OC(C)(C)C)C(=O)NC(Cc1cc(F)cc(F)c1)C(O)CNCc1cccc(CC)c1. The molecule has 3 atom stereocenters. The van der Waals surface area contributed by atoms with E-state index in [9.17, 15) is 23.5 Å². The van der Waals surface area contributed by atoms with Gasteiger partial charge in [0.05, 0.1) is 12.1 Å². The molecule has 0 heterocycles. The quantitative estimate of drug-likeness (QED) is 0.273. The van der Waals surface area contributed by atoms with Gasteiger partial charge in [-0.1, -0.05) is 51.0 Å². The van der Waals surface area contributed by atoms with Gasteiger partial charge < -0.3 is 25.8 Å². The van der Waals surface area contributed by atoms with Gasteiger partial charge in [-0.25, -0.2) is 13.6 Å². The summed E-state index contributed by atoms with van der Waals surface area (Å²) in [5.74, 6) is -2.00. The average molecular weight is 548 g/mol. The molecular weight excluding hydrogens is 504 g/mol. The Morgan fingerprint density at radius 1 is 0.974 bits per heavy atom. The molecule has 0 saturated carbocycles. The zero-order chi connectivity index (χ0) is 29.0. The van der Waals surface area contributed by atoms with Crippen molar-refractivity contribution in [1.29, 1.82) is 0 Å². The number of aliphatic hydroxyl groups is 1. The molecule has 0 spiro atoms. The van der Waals surface area contributed by atoms with Crippen LogP contribution in [0.2, 0.25) is 0 Å². The number of amides is 2. The van der Waals surface area contributed by atoms with Crippen LogP contribution >= 0.6 is 0 Å². The lowest BCUT2D eigenvalue weighted by atomic mass is 9.99. The molecule has 4 N–H and O–H groups in total. The third-order valence-corrected chi connectivity index (χ3v) is 6.11. The Bertz CT molecular complexity index is 1050. The highest BCUT2D eigenvalue weighted by atomic mass is 19.1. The summed E-state index contributed by atoms with van der Waals surface area (Å²) >= 11 is 0. The van der Waals surface area contributed by atoms with E-state index in [1.165, 1.54) is 17.7 Å². The molecule has 0 saturated heterocycles. The van der Waals surface area contributed by atoms with Gasteiger partial charge in [0.25, 0.3) is 0 Å². The van der Waals surface area contributed by atoms with Gasteiger partial charge in [0.1, 0.15) is 23.3 Å². The van der Waals surface area contributed by atoms with Gasteiger partial charge in [0, 0.05) is 19.2 Å². The first-order valence-corrected chi connectivity index (χ1v) is 13.6. The highest BCUT2D eigenvalue weighted by Crippen LogP contribution is 2.14. The van der Waals surface area contributed by atoms with Gasteiger partial charge in [-0.15, -0.1) is 0 Å². The fourth-order valence-corrected chi connectivity index (χ4v) is 4.14. The van der Waals surface area contributed by atoms with Crippen LogP contribution in [0, 0.1) is 11.6 Å². The monoisotopic (exact) mass is 547 g/mol. The largest absolute Gasteiger partial charge is 0.444 e. The van der Waals surface area contributed by atoms with Crippen LogP contribution in [0.4, 0.5) is 13.6 Å². The minimum Gasteiger partial charge on any atom is -0.444 e. The van der Waals surface area contributed by atoms with Crippen molar-refractivity contribution in [2.75, 3.05) is 6.54 Å². The molecule has 216 valence electrons. The van der Waals surface area contributed by atoms with E-state index in [4.69, 9.17) is 4.74 Å². The van der Waals surface area contributed by atoms with E-state index in [2.05, 4.69) is 28.9 Å². The van der Waals surface area contributed by atoms with E-state index in [1.54, 1.807) is 20.8 Å². The number of rotatable bonds is 14. The summed E-state index contributed by atoms with van der Waals surface area (Å²) in [5, 5.41) is 19.7. The maximum Gasteiger partial charge on any atom is 0.408 e. The molecule has 0 fully saturated rings. The number of carbonyl (C=O) groups is 2. The van der Waals surface area contributed by atoms with Crippen molar-refractivity contribution < 1.29 is 28.2 Å². The number of ether oxygens (including phenoxy) is 1. The van der Waals surface area contributed by atoms with Crippen LogP contribution in [0.5, 0.6) is 0 Å². The lowest BCUT2D eigenvalue weighted by molar-refractivity contribution is -0.125. The topological polar surface area (TPSA) is 99.7 Å². The fourth-order valence-electron chi connectivity index (χ4n) is 4.14. The molecule has 2 amide bonds. The van der Waals surface area contributed by atoms with Gasteiger partial charge >= 0.3 is 6.09 Å². The minimum absolute atomic E-state index is 0.0124. The number of carbonyl (C=O) groups excluding carboxylic acids is 2. The second kappa shape index (κ2) is 15.5. The Morgan fingerprint density at radius 2 is 1.64 bits per heavy atom. The van der Waals surface area contributed by atoms with Crippen LogP contribution in [-0.2, 0) is 28.9 Å². The van der Waals surface area contributed by atoms with Crippen molar-refractivity contribution >= 4 is 12.0 Å². The van der Waals surface area contributed by atoms with E-state index in [0.717, 1.165) is 24.5 Å². The predicted octanol–water partition coefficient (Wildman–Crippen LogP) is 4.79. The first-order chi connectivity index (χ1) is 18.4. The number of aliphatic hydroxyl groups excluding tert-OH is 1. The molecule has 0 bridgehead atoms. The van der Waals surface area contributed by atoms with Crippen molar-refractivity contribution in [2.24, 2.45) is 0 Å². The van der Waals surface area contributed by atoms with Gasteiger partial charge in [-0.3, -0.25) is 4.79 Å². The highest BCUT2D eigenvalue weighted by molar-refractivity contribution is 5.86. The van der Waals surface area contributed by atoms with E-state index < -0.39 is 47.4 Å². The third-order valence-electron chi connectivity index (χ3n) is 6.11. The number of hydrogen-bond acceptors (Lipinski definition) is 5. The van der Waals surface area contributed by atoms with Gasteiger partial charge in [-0.05, 0) is 68.9 Å². The molecule has 9 heteroatoms. The van der Waals surface area contributed by atoms with E-state index in [0.29, 0.717) is 19.4 Å². The zero-order valence-electron chi connectivity index (χ0n) is 23.7. The molecule has 3 unspecified atom stereocenters. The van der Waals surface area contributed by atoms with Crippen molar-refractivity contribution in [2.45, 2.75) is 97.1 Å². The summed E-state index contributed by atoms with van der Waals surface area (Å²) in [6.07, 6.45) is 0.936. The molecule has 0 radical (unpaired) electrons. The fraction of sp³-hybridized carbons (Fsp3) is 0.533. The number of unbranched alkanes of at least 4 members (excludes halogenated alkanes) is 1. The number of hydrogen-bond donors (Lipinski definition) is 4. The molecular formula is C30H43F2N3O4. The highest BCUT2D eigenvalue weighted by Gasteiger charge is 2.28. The summed E-state index contributed by atoms with van der Waals surface area (Å²) in [4.78, 5) is 25.7. The lowest BCUT2D eigenvalue weighted by Gasteiger charge is -2.28. The first kappa shape index (κ1) is 32.2. The average Bonchev–Trinajstić information content (AvgIpc) is 2.84. The van der Waals surface area contributed by atoms with Crippen LogP contribution in [0.3, 0.4) is 0 Å². The Labute approximate surface area is 230 Å². The summed E-state index contributed by atoms with van der Waals surface area (Å²) in [6.45, 7) is 9.84. The normalized spacial score (nSPS) is 13.8. The molecule has 7 nitrogen and oxygen atoms in total. The number of nitrogens with one attached hydrogen (secondary N) is 3. The van der Waals surface area contributed by atoms with E-state index >= 15 is 0 Å². The van der Waals surface area contributed by atoms with Crippen LogP contribution in [0.1, 0.15) is 70.6 Å². The van der Waals surface area contributed by atoms with Crippen LogP contribution in [0.15, 0.2) is 42.5 Å². The molecule has 2 aromatic rings. The maximum atomic E-state index is 13.9. The second-order valence-electron chi connectivity index (χ2n) is 10.8. The zero-order valence-corrected chi connectivity index (χ0v) is 23.7. The number of benzene rings is 2. The summed E-state index contributed by atoms with van der Waals surface area (Å²) in [5.41, 5.74) is 1.80. The van der Waals surface area contributed by atoms with E-state index in [-0.39, 0.29) is 18.5 Å². The second-order valence-corrected chi connectivity index (χ2v) is 10.8. The van der Waals surface area contributed by atoms with Crippen molar-refractivity contribution in [3.63, 3.8) is 0 Å². The standard InChI is InChI=1S/C30H43F2N3O4/c1-6-8-12-25(35-29(38)39-30(3,4)5)28(37)34-26(16-22-14-23(31)17-24(32)15-22)27(36)19-33-18-21-11-9-10-20(7-2)13-21/h9-11,13-15,17,25-27,33,36H,6-8,12,16,18-19H2,1-5H3,(H,34,37)(H,35,38). The molecule has 0 aromatic heterocycles. The van der Waals surface area contributed by atoms with Crippen LogP contribution < -0.4 is 16.0 Å². The Kier molecular flexibility index (Phi) is 12.8. The molecule has 2 rings (SSSR count). The number of alkyl carbamates (subject to hydrolysis) is 1. The summed E-state index contributed by atoms with van der Waals surface area (Å²) < 4.78 is 33.1. The molecule has 0 aliphatic heterocycles. The first-order valence-electron chi connectivity index (χ1n) is 13.6. The van der Waals surface area contributed by atoms with Crippen LogP contribution in [-0.4, -0.2) is 47.4 Å². The van der Waals surface area contributed by atoms with Crippen molar-refractivity contribution in [3.8, 4) is 0 Å². The minimum atomic E-state index is -1.08. The summed E-state index contributed by atoms with van der Waals surface area (Å²) in [6, 6.07) is 9.41. The van der Waals surface area contributed by atoms with E-state index in [1.807, 2.05) is 25.1 Å². The van der Waals surface area contributed by atoms with Crippen molar-refractivity contribution in [3.05, 3.63) is 70.8 Å². The van der Waals surface area contributed by atoms with Gasteiger partial charge in [0.15, 0.2) is 0 Å². The number of aryl methyl sites for hydroxylation is 1. The van der Waals surface area contributed by atoms with Crippen molar-refractivity contribution in [1.82, 2.24) is 16.0 Å². The molecule has 0 aliphatic rings. The molecule has 0 aliphatic carbocycles. The summed E-state index contributed by atoms with van der Waals surface area (Å²) in [7, 11) is 0. The molecule has 2 aromatic carbocycles. The van der Waals surface area contributed by atoms with Crippen LogP contribution in [0.25, 0.3) is 0 Å². The Hall–Kier alpha value is -3.04. The lowest BCUT2D eigenvalue weighted by Crippen LogP contribution is -2.55. The molecule has 39 heavy (non-hydrogen) atoms. The maximum absolute atomic E-state index is 13.9.